The molecule has 3 rings (SSSR count). The fourth-order valence-corrected chi connectivity index (χ4v) is 4.21. The molecule has 9 heteroatoms. The van der Waals surface area contributed by atoms with Gasteiger partial charge >= 0.3 is 0 Å². The van der Waals surface area contributed by atoms with Crippen LogP contribution in [0.2, 0.25) is 0 Å². The lowest BCUT2D eigenvalue weighted by Gasteiger charge is -2.36. The van der Waals surface area contributed by atoms with Crippen molar-refractivity contribution in [3.63, 3.8) is 0 Å². The molecule has 0 atom stereocenters. The molecule has 1 fully saturated rings. The van der Waals surface area contributed by atoms with Crippen molar-refractivity contribution < 1.29 is 4.74 Å². The highest BCUT2D eigenvalue weighted by atomic mass is 127. The van der Waals surface area contributed by atoms with E-state index in [1.807, 2.05) is 18.3 Å². The second-order valence-electron chi connectivity index (χ2n) is 7.37. The Balaban J connectivity index is 0.00000341. The maximum Gasteiger partial charge on any atom is 0.191 e. The Bertz CT molecular complexity index is 790. The first-order valence-electron chi connectivity index (χ1n) is 10.7. The first kappa shape index (κ1) is 25.7. The van der Waals surface area contributed by atoms with Crippen LogP contribution in [0.1, 0.15) is 23.2 Å². The monoisotopic (exact) mass is 558 g/mol. The molecule has 0 aliphatic carbocycles. The molecule has 0 bridgehead atoms. The quantitative estimate of drug-likeness (QED) is 0.213. The van der Waals surface area contributed by atoms with Crippen LogP contribution in [0.15, 0.2) is 35.5 Å². The van der Waals surface area contributed by atoms with Gasteiger partial charge in [0.2, 0.25) is 0 Å². The SMILES string of the molecule is CCNC(=NCc1ncc(C)s1)NCCCN1CCN(c2ccc(OC)cc2)CC1.I. The molecule has 2 aromatic rings. The van der Waals surface area contributed by atoms with Gasteiger partial charge in [0.1, 0.15) is 10.8 Å². The molecule has 7 nitrogen and oxygen atoms in total. The number of methoxy groups -OCH3 is 1. The van der Waals surface area contributed by atoms with Gasteiger partial charge in [-0.25, -0.2) is 9.98 Å². The number of aliphatic imine (C=N–C) groups is 1. The number of anilines is 1. The molecule has 0 amide bonds. The summed E-state index contributed by atoms with van der Waals surface area (Å²) in [6.07, 6.45) is 3.01. The lowest BCUT2D eigenvalue weighted by molar-refractivity contribution is 0.255. The number of piperazine rings is 1. The summed E-state index contributed by atoms with van der Waals surface area (Å²) in [5.74, 6) is 1.78. The number of rotatable bonds is 9. The molecule has 31 heavy (non-hydrogen) atoms. The third-order valence-electron chi connectivity index (χ3n) is 5.14. The summed E-state index contributed by atoms with van der Waals surface area (Å²) in [5.41, 5.74) is 1.28. The number of halogens is 1. The Morgan fingerprint density at radius 1 is 1.16 bits per heavy atom. The lowest BCUT2D eigenvalue weighted by Crippen LogP contribution is -2.47. The summed E-state index contributed by atoms with van der Waals surface area (Å²) in [5, 5.41) is 7.82. The minimum absolute atomic E-state index is 0. The molecular formula is C22H35IN6OS. The van der Waals surface area contributed by atoms with Gasteiger partial charge in [0.25, 0.3) is 0 Å². The third kappa shape index (κ3) is 8.46. The Morgan fingerprint density at radius 3 is 2.52 bits per heavy atom. The number of hydrogen-bond donors (Lipinski definition) is 2. The second-order valence-corrected chi connectivity index (χ2v) is 8.69. The van der Waals surface area contributed by atoms with Crippen molar-refractivity contribution in [2.45, 2.75) is 26.8 Å². The average molecular weight is 559 g/mol. The van der Waals surface area contributed by atoms with E-state index in [9.17, 15) is 0 Å². The van der Waals surface area contributed by atoms with E-state index in [1.54, 1.807) is 18.4 Å². The molecular weight excluding hydrogens is 523 g/mol. The number of nitrogens with one attached hydrogen (secondary N) is 2. The maximum absolute atomic E-state index is 5.25. The Kier molecular flexibility index (Phi) is 11.4. The molecule has 1 saturated heterocycles. The fraction of sp³-hybridized carbons (Fsp3) is 0.545. The van der Waals surface area contributed by atoms with Gasteiger partial charge in [0.15, 0.2) is 5.96 Å². The zero-order valence-corrected chi connectivity index (χ0v) is 21.9. The predicted octanol–water partition coefficient (Wildman–Crippen LogP) is 3.35. The number of guanidine groups is 1. The molecule has 1 aliphatic heterocycles. The van der Waals surface area contributed by atoms with E-state index in [-0.39, 0.29) is 24.0 Å². The standard InChI is InChI=1S/C22H34N6OS.HI/c1-4-23-22(26-17-21-25-16-18(2)30-21)24-10-5-11-27-12-14-28(15-13-27)19-6-8-20(29-3)9-7-19;/h6-9,16H,4-5,10-15,17H2,1-3H3,(H2,23,24,26);1H. The lowest BCUT2D eigenvalue weighted by atomic mass is 10.2. The van der Waals surface area contributed by atoms with Crippen LogP contribution in [-0.2, 0) is 6.54 Å². The molecule has 172 valence electrons. The van der Waals surface area contributed by atoms with Crippen LogP contribution in [0.5, 0.6) is 5.75 Å². The number of benzene rings is 1. The van der Waals surface area contributed by atoms with Crippen LogP contribution in [0.3, 0.4) is 0 Å². The van der Waals surface area contributed by atoms with E-state index in [1.165, 1.54) is 10.6 Å². The van der Waals surface area contributed by atoms with Gasteiger partial charge in [-0.15, -0.1) is 35.3 Å². The highest BCUT2D eigenvalue weighted by molar-refractivity contribution is 14.0. The van der Waals surface area contributed by atoms with Gasteiger partial charge in [-0.1, -0.05) is 0 Å². The van der Waals surface area contributed by atoms with Crippen molar-refractivity contribution in [3.05, 3.63) is 40.3 Å². The zero-order chi connectivity index (χ0) is 21.2. The minimum Gasteiger partial charge on any atom is -0.497 e. The van der Waals surface area contributed by atoms with Gasteiger partial charge < -0.3 is 20.3 Å². The number of ether oxygens (including phenoxy) is 1. The molecule has 0 unspecified atom stereocenters. The predicted molar refractivity (Wildman–Crippen MR) is 141 cm³/mol. The first-order chi connectivity index (χ1) is 14.7. The zero-order valence-electron chi connectivity index (χ0n) is 18.8. The highest BCUT2D eigenvalue weighted by Gasteiger charge is 2.16. The van der Waals surface area contributed by atoms with Crippen molar-refractivity contribution in [2.24, 2.45) is 4.99 Å². The number of aromatic nitrogens is 1. The van der Waals surface area contributed by atoms with Crippen molar-refractivity contribution >= 4 is 47.0 Å². The van der Waals surface area contributed by atoms with Crippen LogP contribution in [0, 0.1) is 6.92 Å². The summed E-state index contributed by atoms with van der Waals surface area (Å²) < 4.78 is 5.25. The van der Waals surface area contributed by atoms with E-state index in [2.05, 4.69) is 56.4 Å². The second kappa shape index (κ2) is 13.7. The summed E-state index contributed by atoms with van der Waals surface area (Å²) in [6, 6.07) is 8.36. The summed E-state index contributed by atoms with van der Waals surface area (Å²) in [6.45, 7) is 12.0. The smallest absolute Gasteiger partial charge is 0.191 e. The van der Waals surface area contributed by atoms with Crippen LogP contribution in [0.25, 0.3) is 0 Å². The Hall–Kier alpha value is -1.59. The van der Waals surface area contributed by atoms with E-state index in [0.29, 0.717) is 6.54 Å². The van der Waals surface area contributed by atoms with Crippen LogP contribution in [-0.4, -0.2) is 68.8 Å². The maximum atomic E-state index is 5.25. The third-order valence-corrected chi connectivity index (χ3v) is 6.04. The largest absolute Gasteiger partial charge is 0.497 e. The summed E-state index contributed by atoms with van der Waals surface area (Å²) >= 11 is 1.70. The van der Waals surface area contributed by atoms with Gasteiger partial charge in [-0.3, -0.25) is 4.90 Å². The normalized spacial score (nSPS) is 14.8. The summed E-state index contributed by atoms with van der Waals surface area (Å²) in [7, 11) is 1.71. The van der Waals surface area contributed by atoms with Crippen LogP contribution in [0.4, 0.5) is 5.69 Å². The molecule has 1 aromatic heterocycles. The molecule has 1 aliphatic rings. The minimum atomic E-state index is 0. The van der Waals surface area contributed by atoms with Crippen molar-refractivity contribution in [1.29, 1.82) is 0 Å². The Morgan fingerprint density at radius 2 is 1.90 bits per heavy atom. The number of aryl methyl sites for hydroxylation is 1. The topological polar surface area (TPSA) is 65.0 Å². The fourth-order valence-electron chi connectivity index (χ4n) is 3.50. The average Bonchev–Trinajstić information content (AvgIpc) is 3.20. The van der Waals surface area contributed by atoms with Crippen molar-refractivity contribution in [3.8, 4) is 5.75 Å². The van der Waals surface area contributed by atoms with Gasteiger partial charge in [-0.2, -0.15) is 0 Å². The van der Waals surface area contributed by atoms with E-state index < -0.39 is 0 Å². The van der Waals surface area contributed by atoms with Crippen molar-refractivity contribution in [2.75, 3.05) is 57.8 Å². The van der Waals surface area contributed by atoms with Crippen LogP contribution < -0.4 is 20.3 Å². The van der Waals surface area contributed by atoms with Gasteiger partial charge in [0, 0.05) is 56.0 Å². The number of nitrogens with zero attached hydrogens (tertiary/aromatic N) is 4. The Labute approximate surface area is 207 Å². The van der Waals surface area contributed by atoms with Crippen LogP contribution >= 0.6 is 35.3 Å². The molecule has 1 aromatic carbocycles. The van der Waals surface area contributed by atoms with Gasteiger partial charge in [0.05, 0.1) is 13.7 Å². The summed E-state index contributed by atoms with van der Waals surface area (Å²) in [4.78, 5) is 15.3. The van der Waals surface area contributed by atoms with E-state index in [0.717, 1.165) is 69.0 Å². The first-order valence-corrected chi connectivity index (χ1v) is 11.5. The van der Waals surface area contributed by atoms with E-state index in [4.69, 9.17) is 4.74 Å². The number of thiazole rings is 1. The number of hydrogen-bond acceptors (Lipinski definition) is 6. The van der Waals surface area contributed by atoms with Crippen molar-refractivity contribution in [1.82, 2.24) is 20.5 Å². The molecule has 0 saturated carbocycles. The molecule has 0 radical (unpaired) electrons. The van der Waals surface area contributed by atoms with E-state index >= 15 is 0 Å². The van der Waals surface area contributed by atoms with Gasteiger partial charge in [-0.05, 0) is 51.1 Å². The molecule has 2 N–H and O–H groups in total. The highest BCUT2D eigenvalue weighted by Crippen LogP contribution is 2.20. The molecule has 2 heterocycles. The molecule has 0 spiro atoms.